The Morgan fingerprint density at radius 1 is 1.50 bits per heavy atom. The largest absolute Gasteiger partial charge is 0.461 e. The Hall–Kier alpha value is -0.530. The molecule has 0 aromatic heterocycles. The molecule has 0 bridgehead atoms. The summed E-state index contributed by atoms with van der Waals surface area (Å²) in [5.41, 5.74) is 0. The second-order valence-corrected chi connectivity index (χ2v) is 2.51. The van der Waals surface area contributed by atoms with Gasteiger partial charge in [0, 0.05) is 0 Å². The predicted molar refractivity (Wildman–Crippen MR) is 27.2 cm³/mol. The van der Waals surface area contributed by atoms with Crippen LogP contribution in [0.4, 0.5) is 0 Å². The highest BCUT2D eigenvalue weighted by Crippen LogP contribution is 2.36. The van der Waals surface area contributed by atoms with Crippen LogP contribution in [0.15, 0.2) is 0 Å². The number of hydrogen-bond donors (Lipinski definition) is 0. The van der Waals surface area contributed by atoms with Gasteiger partial charge in [-0.1, -0.05) is 0 Å². The van der Waals surface area contributed by atoms with Crippen molar-refractivity contribution in [1.82, 2.24) is 0 Å². The van der Waals surface area contributed by atoms with Crippen LogP contribution in [0.5, 0.6) is 0 Å². The highest BCUT2D eigenvalue weighted by Gasteiger charge is 2.45. The molecular weight excluding hydrogens is 104 g/mol. The third-order valence-electron chi connectivity index (χ3n) is 2.02. The molecule has 2 unspecified atom stereocenters. The zero-order valence-electron chi connectivity index (χ0n) is 4.59. The normalized spacial score (nSPS) is 42.8. The zero-order chi connectivity index (χ0) is 5.56. The third kappa shape index (κ3) is 0.358. The monoisotopic (exact) mass is 112 g/mol. The average Bonchev–Trinajstić information content (AvgIpc) is 2.09. The standard InChI is InChI=1S/C6H8O2/c7-6-4-2-1-3-5(4)8-6/h4-5H,1-3H2. The van der Waals surface area contributed by atoms with Crippen LogP contribution in [0, 0.1) is 5.92 Å². The molecule has 2 atom stereocenters. The Bertz CT molecular complexity index is 130. The van der Waals surface area contributed by atoms with Gasteiger partial charge in [-0.05, 0) is 19.3 Å². The minimum absolute atomic E-state index is 0.0347. The van der Waals surface area contributed by atoms with Crippen molar-refractivity contribution in [1.29, 1.82) is 0 Å². The van der Waals surface area contributed by atoms with Crippen molar-refractivity contribution < 1.29 is 9.53 Å². The summed E-state index contributed by atoms with van der Waals surface area (Å²) in [7, 11) is 0. The van der Waals surface area contributed by atoms with Gasteiger partial charge in [-0.3, -0.25) is 4.79 Å². The minimum atomic E-state index is 0.0347. The lowest BCUT2D eigenvalue weighted by atomic mass is 10.0. The summed E-state index contributed by atoms with van der Waals surface area (Å²) in [6, 6.07) is 0. The van der Waals surface area contributed by atoms with E-state index in [1.54, 1.807) is 0 Å². The molecule has 1 saturated heterocycles. The van der Waals surface area contributed by atoms with Gasteiger partial charge in [0.15, 0.2) is 0 Å². The summed E-state index contributed by atoms with van der Waals surface area (Å²) < 4.78 is 4.82. The maximum absolute atomic E-state index is 10.5. The summed E-state index contributed by atoms with van der Waals surface area (Å²) in [5.74, 6) is 0.336. The molecule has 2 heteroatoms. The first-order chi connectivity index (χ1) is 3.88. The van der Waals surface area contributed by atoms with Gasteiger partial charge in [0.25, 0.3) is 0 Å². The molecule has 8 heavy (non-hydrogen) atoms. The maximum Gasteiger partial charge on any atom is 0.313 e. The van der Waals surface area contributed by atoms with Crippen LogP contribution in [-0.2, 0) is 9.53 Å². The Balaban J connectivity index is 2.11. The van der Waals surface area contributed by atoms with E-state index in [9.17, 15) is 4.79 Å². The topological polar surface area (TPSA) is 26.3 Å². The maximum atomic E-state index is 10.5. The fourth-order valence-electron chi connectivity index (χ4n) is 1.50. The van der Waals surface area contributed by atoms with Crippen molar-refractivity contribution in [3.8, 4) is 0 Å². The molecule has 2 fully saturated rings. The van der Waals surface area contributed by atoms with Crippen molar-refractivity contribution in [2.24, 2.45) is 5.92 Å². The van der Waals surface area contributed by atoms with Crippen LogP contribution >= 0.6 is 0 Å². The number of rotatable bonds is 0. The molecule has 1 aliphatic heterocycles. The number of fused-ring (bicyclic) bond motifs is 1. The van der Waals surface area contributed by atoms with E-state index >= 15 is 0 Å². The summed E-state index contributed by atoms with van der Waals surface area (Å²) in [6.07, 6.45) is 3.68. The van der Waals surface area contributed by atoms with E-state index in [1.807, 2.05) is 0 Å². The molecular formula is C6H8O2. The Morgan fingerprint density at radius 2 is 2.38 bits per heavy atom. The highest BCUT2D eigenvalue weighted by atomic mass is 16.6. The van der Waals surface area contributed by atoms with Crippen molar-refractivity contribution in [2.45, 2.75) is 25.4 Å². The van der Waals surface area contributed by atoms with Crippen LogP contribution in [-0.4, -0.2) is 12.1 Å². The van der Waals surface area contributed by atoms with E-state index in [0.29, 0.717) is 12.0 Å². The quantitative estimate of drug-likeness (QED) is 0.431. The van der Waals surface area contributed by atoms with E-state index in [0.717, 1.165) is 12.8 Å². The molecule has 0 radical (unpaired) electrons. The van der Waals surface area contributed by atoms with Gasteiger partial charge >= 0.3 is 5.97 Å². The molecule has 1 heterocycles. The molecule has 0 N–H and O–H groups in total. The zero-order valence-corrected chi connectivity index (χ0v) is 4.59. The molecule has 0 aromatic rings. The number of hydrogen-bond acceptors (Lipinski definition) is 2. The Kier molecular flexibility index (Phi) is 0.678. The van der Waals surface area contributed by atoms with Crippen molar-refractivity contribution in [2.75, 3.05) is 0 Å². The summed E-state index contributed by atoms with van der Waals surface area (Å²) in [6.45, 7) is 0. The number of esters is 1. The van der Waals surface area contributed by atoms with Gasteiger partial charge in [-0.15, -0.1) is 0 Å². The molecule has 1 aliphatic carbocycles. The molecule has 0 aromatic carbocycles. The molecule has 0 amide bonds. The van der Waals surface area contributed by atoms with Gasteiger partial charge in [0.1, 0.15) is 6.10 Å². The van der Waals surface area contributed by atoms with E-state index in [4.69, 9.17) is 4.74 Å². The predicted octanol–water partition coefficient (Wildman–Crippen LogP) is 0.712. The van der Waals surface area contributed by atoms with Gasteiger partial charge < -0.3 is 4.74 Å². The van der Waals surface area contributed by atoms with Crippen LogP contribution in [0.1, 0.15) is 19.3 Å². The number of carbonyl (C=O) groups is 1. The average molecular weight is 112 g/mol. The molecule has 44 valence electrons. The lowest BCUT2D eigenvalue weighted by molar-refractivity contribution is -0.179. The number of carbonyl (C=O) groups excluding carboxylic acids is 1. The Labute approximate surface area is 47.8 Å². The molecule has 0 spiro atoms. The highest BCUT2D eigenvalue weighted by molar-refractivity contribution is 5.78. The fraction of sp³-hybridized carbons (Fsp3) is 0.833. The smallest absolute Gasteiger partial charge is 0.313 e. The molecule has 1 saturated carbocycles. The molecule has 2 aliphatic rings. The summed E-state index contributed by atoms with van der Waals surface area (Å²) in [4.78, 5) is 10.5. The second kappa shape index (κ2) is 1.24. The van der Waals surface area contributed by atoms with Crippen LogP contribution < -0.4 is 0 Å². The van der Waals surface area contributed by atoms with Gasteiger partial charge in [-0.25, -0.2) is 0 Å². The summed E-state index contributed by atoms with van der Waals surface area (Å²) >= 11 is 0. The first-order valence-electron chi connectivity index (χ1n) is 3.08. The SMILES string of the molecule is O=C1OC2CCCC12. The van der Waals surface area contributed by atoms with Gasteiger partial charge in [0.05, 0.1) is 5.92 Å². The lowest BCUT2D eigenvalue weighted by Gasteiger charge is -2.28. The van der Waals surface area contributed by atoms with E-state index in [-0.39, 0.29) is 5.97 Å². The summed E-state index contributed by atoms with van der Waals surface area (Å²) in [5, 5.41) is 0. The first-order valence-corrected chi connectivity index (χ1v) is 3.08. The van der Waals surface area contributed by atoms with Crippen molar-refractivity contribution in [3.63, 3.8) is 0 Å². The lowest BCUT2D eigenvalue weighted by Crippen LogP contribution is -2.40. The second-order valence-electron chi connectivity index (χ2n) is 2.51. The van der Waals surface area contributed by atoms with E-state index < -0.39 is 0 Å². The van der Waals surface area contributed by atoms with Crippen molar-refractivity contribution in [3.05, 3.63) is 0 Å². The fourth-order valence-corrected chi connectivity index (χ4v) is 1.50. The van der Waals surface area contributed by atoms with E-state index in [2.05, 4.69) is 0 Å². The van der Waals surface area contributed by atoms with Gasteiger partial charge in [-0.2, -0.15) is 0 Å². The molecule has 2 rings (SSSR count). The number of ether oxygens (including phenoxy) is 1. The van der Waals surface area contributed by atoms with E-state index in [1.165, 1.54) is 6.42 Å². The van der Waals surface area contributed by atoms with Crippen LogP contribution in [0.25, 0.3) is 0 Å². The third-order valence-corrected chi connectivity index (χ3v) is 2.02. The first kappa shape index (κ1) is 4.36. The van der Waals surface area contributed by atoms with Crippen LogP contribution in [0.2, 0.25) is 0 Å². The van der Waals surface area contributed by atoms with Crippen LogP contribution in [0.3, 0.4) is 0 Å². The molecule has 2 nitrogen and oxygen atoms in total. The Morgan fingerprint density at radius 3 is 2.88 bits per heavy atom. The minimum Gasteiger partial charge on any atom is -0.461 e. The van der Waals surface area contributed by atoms with Gasteiger partial charge in [0.2, 0.25) is 0 Å². The van der Waals surface area contributed by atoms with Crippen molar-refractivity contribution >= 4 is 5.97 Å².